The smallest absolute Gasteiger partial charge is 0.206 e. The van der Waals surface area contributed by atoms with Crippen molar-refractivity contribution in [2.75, 3.05) is 5.33 Å². The monoisotopic (exact) mass is 276 g/mol. The first-order valence-electron chi connectivity index (χ1n) is 4.27. The highest BCUT2D eigenvalue weighted by molar-refractivity contribution is 9.09. The van der Waals surface area contributed by atoms with E-state index in [0.717, 1.165) is 17.5 Å². The van der Waals surface area contributed by atoms with E-state index in [-0.39, 0.29) is 0 Å². The SMILES string of the molecule is Fc1cc(C#CCCBr)ccc1C(F)F. The Bertz CT molecular complexity index is 391. The number of hydrogen-bond acceptors (Lipinski definition) is 0. The highest BCUT2D eigenvalue weighted by Crippen LogP contribution is 2.22. The molecule has 0 saturated heterocycles. The van der Waals surface area contributed by atoms with Crippen LogP contribution in [0.5, 0.6) is 0 Å². The molecule has 0 aliphatic rings. The molecule has 80 valence electrons. The normalized spacial score (nSPS) is 9.93. The van der Waals surface area contributed by atoms with Gasteiger partial charge in [0.25, 0.3) is 6.43 Å². The molecule has 0 saturated carbocycles. The Hall–Kier alpha value is -0.950. The van der Waals surface area contributed by atoms with Crippen molar-refractivity contribution in [3.63, 3.8) is 0 Å². The molecule has 0 N–H and O–H groups in total. The van der Waals surface area contributed by atoms with Crippen LogP contribution in [0.2, 0.25) is 0 Å². The minimum absolute atomic E-state index is 0.415. The molecule has 0 aliphatic carbocycles. The zero-order valence-corrected chi connectivity index (χ0v) is 9.32. The van der Waals surface area contributed by atoms with Crippen molar-refractivity contribution in [2.24, 2.45) is 0 Å². The van der Waals surface area contributed by atoms with Gasteiger partial charge in [-0.25, -0.2) is 13.2 Å². The van der Waals surface area contributed by atoms with Crippen molar-refractivity contribution in [2.45, 2.75) is 12.8 Å². The van der Waals surface area contributed by atoms with E-state index in [1.165, 1.54) is 6.07 Å². The predicted octanol–water partition coefficient (Wildman–Crippen LogP) is 3.90. The first-order valence-corrected chi connectivity index (χ1v) is 5.39. The first-order chi connectivity index (χ1) is 7.15. The lowest BCUT2D eigenvalue weighted by atomic mass is 10.1. The van der Waals surface area contributed by atoms with Gasteiger partial charge in [-0.3, -0.25) is 0 Å². The maximum Gasteiger partial charge on any atom is 0.266 e. The molecule has 0 radical (unpaired) electrons. The largest absolute Gasteiger partial charge is 0.266 e. The predicted molar refractivity (Wildman–Crippen MR) is 56.6 cm³/mol. The fraction of sp³-hybridized carbons (Fsp3) is 0.273. The van der Waals surface area contributed by atoms with Gasteiger partial charge < -0.3 is 0 Å². The van der Waals surface area contributed by atoms with E-state index < -0.39 is 17.8 Å². The van der Waals surface area contributed by atoms with Crippen LogP contribution >= 0.6 is 15.9 Å². The lowest BCUT2D eigenvalue weighted by molar-refractivity contribution is 0.146. The molecule has 15 heavy (non-hydrogen) atoms. The molecular formula is C11H8BrF3. The summed E-state index contributed by atoms with van der Waals surface area (Å²) in [5.41, 5.74) is -0.168. The standard InChI is InChI=1S/C11H8BrF3/c12-6-2-1-3-8-4-5-9(11(14)15)10(13)7-8/h4-5,7,11H,2,6H2. The van der Waals surface area contributed by atoms with Gasteiger partial charge in [-0.15, -0.1) is 0 Å². The van der Waals surface area contributed by atoms with Crippen LogP contribution in [0.25, 0.3) is 0 Å². The van der Waals surface area contributed by atoms with E-state index >= 15 is 0 Å². The summed E-state index contributed by atoms with van der Waals surface area (Å²) in [6, 6.07) is 3.49. The summed E-state index contributed by atoms with van der Waals surface area (Å²) in [5, 5.41) is 0.734. The van der Waals surface area contributed by atoms with Crippen LogP contribution in [0.3, 0.4) is 0 Å². The summed E-state index contributed by atoms with van der Waals surface area (Å²) >= 11 is 3.19. The first kappa shape index (κ1) is 12.1. The molecule has 0 aliphatic heterocycles. The number of rotatable bonds is 2. The van der Waals surface area contributed by atoms with Gasteiger partial charge in [-0.05, 0) is 18.2 Å². The number of hydrogen-bond donors (Lipinski definition) is 0. The Labute approximate surface area is 94.6 Å². The van der Waals surface area contributed by atoms with Gasteiger partial charge >= 0.3 is 0 Å². The van der Waals surface area contributed by atoms with E-state index in [2.05, 4.69) is 27.8 Å². The maximum absolute atomic E-state index is 13.1. The maximum atomic E-state index is 13.1. The van der Waals surface area contributed by atoms with Gasteiger partial charge in [0.15, 0.2) is 0 Å². The highest BCUT2D eigenvalue weighted by atomic mass is 79.9. The third-order valence-electron chi connectivity index (χ3n) is 1.69. The van der Waals surface area contributed by atoms with Gasteiger partial charge in [0.2, 0.25) is 0 Å². The van der Waals surface area contributed by atoms with E-state index in [0.29, 0.717) is 12.0 Å². The molecule has 0 nitrogen and oxygen atoms in total. The van der Waals surface area contributed by atoms with E-state index in [9.17, 15) is 13.2 Å². The van der Waals surface area contributed by atoms with Crippen molar-refractivity contribution in [3.05, 3.63) is 35.1 Å². The van der Waals surface area contributed by atoms with E-state index in [1.807, 2.05) is 0 Å². The van der Waals surface area contributed by atoms with Gasteiger partial charge in [0.05, 0.1) is 5.56 Å². The Morgan fingerprint density at radius 1 is 1.33 bits per heavy atom. The molecule has 4 heteroatoms. The zero-order chi connectivity index (χ0) is 11.3. The minimum atomic E-state index is -2.78. The molecular weight excluding hydrogens is 269 g/mol. The highest BCUT2D eigenvalue weighted by Gasteiger charge is 2.12. The van der Waals surface area contributed by atoms with Crippen LogP contribution in [0.15, 0.2) is 18.2 Å². The van der Waals surface area contributed by atoms with Crippen LogP contribution in [-0.4, -0.2) is 5.33 Å². The third-order valence-corrected chi connectivity index (χ3v) is 2.08. The zero-order valence-electron chi connectivity index (χ0n) is 7.74. The average molecular weight is 277 g/mol. The molecule has 1 aromatic rings. The van der Waals surface area contributed by atoms with Crippen molar-refractivity contribution < 1.29 is 13.2 Å². The summed E-state index contributed by atoms with van der Waals surface area (Å²) in [7, 11) is 0. The van der Waals surface area contributed by atoms with Crippen LogP contribution in [0.4, 0.5) is 13.2 Å². The average Bonchev–Trinajstić information content (AvgIpc) is 2.17. The van der Waals surface area contributed by atoms with Crippen molar-refractivity contribution in [3.8, 4) is 11.8 Å². The summed E-state index contributed by atoms with van der Waals surface area (Å²) in [6.07, 6.45) is -2.15. The summed E-state index contributed by atoms with van der Waals surface area (Å²) in [5.74, 6) is 4.56. The molecule has 0 atom stereocenters. The van der Waals surface area contributed by atoms with Gasteiger partial charge in [-0.1, -0.05) is 27.8 Å². The van der Waals surface area contributed by atoms with Gasteiger partial charge in [-0.2, -0.15) is 0 Å². The molecule has 0 fully saturated rings. The van der Waals surface area contributed by atoms with Crippen LogP contribution in [-0.2, 0) is 0 Å². The van der Waals surface area contributed by atoms with E-state index in [4.69, 9.17) is 0 Å². The molecule has 0 unspecified atom stereocenters. The lowest BCUT2D eigenvalue weighted by Crippen LogP contribution is -1.91. The van der Waals surface area contributed by atoms with Crippen LogP contribution in [0, 0.1) is 17.7 Å². The van der Waals surface area contributed by atoms with Crippen molar-refractivity contribution >= 4 is 15.9 Å². The summed E-state index contributed by atoms with van der Waals surface area (Å²) in [6.45, 7) is 0. The molecule has 1 aromatic carbocycles. The topological polar surface area (TPSA) is 0 Å². The number of halogens is 4. The fourth-order valence-electron chi connectivity index (χ4n) is 0.994. The fourth-order valence-corrected chi connectivity index (χ4v) is 1.19. The Morgan fingerprint density at radius 3 is 2.60 bits per heavy atom. The molecule has 1 rings (SSSR count). The second kappa shape index (κ2) is 5.82. The van der Waals surface area contributed by atoms with Crippen LogP contribution < -0.4 is 0 Å². The number of benzene rings is 1. The summed E-state index contributed by atoms with van der Waals surface area (Å²) < 4.78 is 37.4. The molecule has 0 aromatic heterocycles. The molecule has 0 heterocycles. The van der Waals surface area contributed by atoms with Gasteiger partial charge in [0.1, 0.15) is 5.82 Å². The Morgan fingerprint density at radius 2 is 2.07 bits per heavy atom. The van der Waals surface area contributed by atoms with Crippen molar-refractivity contribution in [1.82, 2.24) is 0 Å². The van der Waals surface area contributed by atoms with Crippen molar-refractivity contribution in [1.29, 1.82) is 0 Å². The summed E-state index contributed by atoms with van der Waals surface area (Å²) in [4.78, 5) is 0. The minimum Gasteiger partial charge on any atom is -0.206 e. The van der Waals surface area contributed by atoms with Gasteiger partial charge in [0, 0.05) is 17.3 Å². The quantitative estimate of drug-likeness (QED) is 0.568. The second-order valence-electron chi connectivity index (χ2n) is 2.78. The molecule has 0 bridgehead atoms. The number of alkyl halides is 3. The van der Waals surface area contributed by atoms with E-state index in [1.54, 1.807) is 0 Å². The molecule has 0 amide bonds. The third kappa shape index (κ3) is 3.60. The lowest BCUT2D eigenvalue weighted by Gasteiger charge is -2.01. The Balaban J connectivity index is 2.88. The van der Waals surface area contributed by atoms with Crippen LogP contribution in [0.1, 0.15) is 24.0 Å². The molecule has 0 spiro atoms. The second-order valence-corrected chi connectivity index (χ2v) is 3.57. The Kier molecular flexibility index (Phi) is 4.70.